The fourth-order valence-electron chi connectivity index (χ4n) is 3.21. The molecule has 5 N–H and O–H groups in total. The van der Waals surface area contributed by atoms with E-state index in [1.54, 1.807) is 6.07 Å². The van der Waals surface area contributed by atoms with Crippen LogP contribution in [0.1, 0.15) is 12.6 Å². The SMILES string of the molecule is CCc1cc(Nc2nc(Nc3ccc4c(=O)[nH][nH]c4c3)nc3ccccc23)[nH]n1. The number of aryl methyl sites for hydroxylation is 1. The first kappa shape index (κ1) is 17.0. The maximum Gasteiger partial charge on any atom is 0.271 e. The van der Waals surface area contributed by atoms with Crippen LogP contribution >= 0.6 is 0 Å². The second-order valence-corrected chi connectivity index (χ2v) is 6.63. The van der Waals surface area contributed by atoms with E-state index in [0.29, 0.717) is 22.7 Å². The number of nitrogens with one attached hydrogen (secondary N) is 5. The van der Waals surface area contributed by atoms with Gasteiger partial charge in [-0.1, -0.05) is 19.1 Å². The molecule has 0 aliphatic heterocycles. The third kappa shape index (κ3) is 3.18. The molecular formula is C20H18N8O. The first-order valence-corrected chi connectivity index (χ1v) is 9.25. The zero-order valence-corrected chi connectivity index (χ0v) is 15.6. The first-order valence-electron chi connectivity index (χ1n) is 9.25. The molecule has 3 aromatic heterocycles. The molecule has 2 aromatic carbocycles. The second kappa shape index (κ2) is 6.79. The average molecular weight is 386 g/mol. The van der Waals surface area contributed by atoms with Crippen LogP contribution in [-0.2, 0) is 6.42 Å². The van der Waals surface area contributed by atoms with Gasteiger partial charge in [0.1, 0.15) is 11.6 Å². The van der Waals surface area contributed by atoms with Crippen LogP contribution < -0.4 is 16.2 Å². The number of benzene rings is 2. The average Bonchev–Trinajstić information content (AvgIpc) is 3.34. The van der Waals surface area contributed by atoms with Crippen molar-refractivity contribution < 1.29 is 0 Å². The zero-order chi connectivity index (χ0) is 19.8. The van der Waals surface area contributed by atoms with Crippen LogP contribution in [-0.4, -0.2) is 30.4 Å². The molecular weight excluding hydrogens is 368 g/mol. The van der Waals surface area contributed by atoms with Gasteiger partial charge in [-0.25, -0.2) is 4.98 Å². The predicted molar refractivity (Wildman–Crippen MR) is 113 cm³/mol. The lowest BCUT2D eigenvalue weighted by atomic mass is 10.2. The highest BCUT2D eigenvalue weighted by Crippen LogP contribution is 2.26. The molecule has 9 nitrogen and oxygen atoms in total. The van der Waals surface area contributed by atoms with Gasteiger partial charge in [-0.3, -0.25) is 20.1 Å². The number of hydrogen-bond acceptors (Lipinski definition) is 6. The number of fused-ring (bicyclic) bond motifs is 2. The Morgan fingerprint density at radius 3 is 2.72 bits per heavy atom. The molecule has 0 atom stereocenters. The number of para-hydroxylation sites is 1. The number of rotatable bonds is 5. The summed E-state index contributed by atoms with van der Waals surface area (Å²) in [5, 5.41) is 20.7. The van der Waals surface area contributed by atoms with E-state index >= 15 is 0 Å². The minimum absolute atomic E-state index is 0.147. The van der Waals surface area contributed by atoms with Crippen molar-refractivity contribution in [2.24, 2.45) is 0 Å². The number of aromatic amines is 3. The second-order valence-electron chi connectivity index (χ2n) is 6.63. The standard InChI is InChI=1S/C20H18N8O/c1-2-11-10-17(27-25-11)23-18-13-5-3-4-6-15(13)22-20(24-18)21-12-7-8-14-16(9-12)26-28-19(14)29/h3-10H,2H2,1H3,(H2,26,28,29)(H3,21,22,23,24,25,27). The van der Waals surface area contributed by atoms with Crippen molar-refractivity contribution in [3.05, 3.63) is 64.6 Å². The van der Waals surface area contributed by atoms with E-state index in [2.05, 4.69) is 47.9 Å². The third-order valence-electron chi connectivity index (χ3n) is 4.68. The Hall–Kier alpha value is -4.14. The van der Waals surface area contributed by atoms with E-state index in [-0.39, 0.29) is 5.56 Å². The minimum atomic E-state index is -0.147. The lowest BCUT2D eigenvalue weighted by Crippen LogP contribution is -2.02. The molecule has 0 saturated heterocycles. The lowest BCUT2D eigenvalue weighted by molar-refractivity contribution is 0.976. The number of hydrogen-bond donors (Lipinski definition) is 5. The van der Waals surface area contributed by atoms with Gasteiger partial charge in [-0.05, 0) is 36.8 Å². The number of anilines is 4. The summed E-state index contributed by atoms with van der Waals surface area (Å²) in [6.07, 6.45) is 0.846. The summed E-state index contributed by atoms with van der Waals surface area (Å²) in [7, 11) is 0. The molecule has 0 fully saturated rings. The minimum Gasteiger partial charge on any atom is -0.325 e. The summed E-state index contributed by atoms with van der Waals surface area (Å²) in [6.45, 7) is 2.05. The number of nitrogens with zero attached hydrogens (tertiary/aromatic N) is 3. The van der Waals surface area contributed by atoms with Gasteiger partial charge in [-0.15, -0.1) is 0 Å². The van der Waals surface area contributed by atoms with E-state index in [9.17, 15) is 4.79 Å². The maximum atomic E-state index is 11.7. The summed E-state index contributed by atoms with van der Waals surface area (Å²) < 4.78 is 0. The Bertz CT molecular complexity index is 1380. The van der Waals surface area contributed by atoms with Crippen molar-refractivity contribution in [2.45, 2.75) is 13.3 Å². The number of aromatic nitrogens is 6. The zero-order valence-electron chi connectivity index (χ0n) is 15.6. The predicted octanol–water partition coefficient (Wildman–Crippen LogP) is 3.57. The van der Waals surface area contributed by atoms with Gasteiger partial charge in [0.25, 0.3) is 5.56 Å². The largest absolute Gasteiger partial charge is 0.325 e. The summed E-state index contributed by atoms with van der Waals surface area (Å²) >= 11 is 0. The van der Waals surface area contributed by atoms with Crippen molar-refractivity contribution in [1.82, 2.24) is 30.4 Å². The fourth-order valence-corrected chi connectivity index (χ4v) is 3.21. The van der Waals surface area contributed by atoms with Crippen LogP contribution in [0.3, 0.4) is 0 Å². The van der Waals surface area contributed by atoms with E-state index in [0.717, 1.165) is 34.5 Å². The summed E-state index contributed by atoms with van der Waals surface area (Å²) in [5.74, 6) is 1.88. The van der Waals surface area contributed by atoms with Gasteiger partial charge in [0.15, 0.2) is 0 Å². The molecule has 29 heavy (non-hydrogen) atoms. The Labute approximate surface area is 164 Å². The van der Waals surface area contributed by atoms with Gasteiger partial charge in [0, 0.05) is 17.1 Å². The van der Waals surface area contributed by atoms with E-state index in [1.807, 2.05) is 42.5 Å². The Morgan fingerprint density at radius 2 is 1.86 bits per heavy atom. The van der Waals surface area contributed by atoms with Crippen molar-refractivity contribution in [3.8, 4) is 0 Å². The molecule has 0 saturated carbocycles. The van der Waals surface area contributed by atoms with Crippen molar-refractivity contribution >= 4 is 45.1 Å². The molecule has 9 heteroatoms. The molecule has 0 bridgehead atoms. The highest BCUT2D eigenvalue weighted by Gasteiger charge is 2.10. The topological polar surface area (TPSA) is 127 Å². The monoisotopic (exact) mass is 386 g/mol. The molecule has 5 rings (SSSR count). The lowest BCUT2D eigenvalue weighted by Gasteiger charge is -2.11. The normalized spacial score (nSPS) is 11.2. The van der Waals surface area contributed by atoms with Gasteiger partial charge >= 0.3 is 0 Å². The van der Waals surface area contributed by atoms with E-state index in [1.165, 1.54) is 0 Å². The molecule has 0 radical (unpaired) electrons. The van der Waals surface area contributed by atoms with Crippen LogP contribution in [0, 0.1) is 0 Å². The van der Waals surface area contributed by atoms with Gasteiger partial charge < -0.3 is 10.6 Å². The Morgan fingerprint density at radius 1 is 0.966 bits per heavy atom. The van der Waals surface area contributed by atoms with Crippen molar-refractivity contribution in [1.29, 1.82) is 0 Å². The van der Waals surface area contributed by atoms with Gasteiger partial charge in [0.05, 0.1) is 22.1 Å². The maximum absolute atomic E-state index is 11.7. The summed E-state index contributed by atoms with van der Waals surface area (Å²) in [4.78, 5) is 21.0. The fraction of sp³-hybridized carbons (Fsp3) is 0.100. The Kier molecular flexibility index (Phi) is 3.98. The van der Waals surface area contributed by atoms with Crippen LogP contribution in [0.15, 0.2) is 53.3 Å². The molecule has 5 aromatic rings. The van der Waals surface area contributed by atoms with Gasteiger partial charge in [0.2, 0.25) is 5.95 Å². The van der Waals surface area contributed by atoms with Crippen LogP contribution in [0.25, 0.3) is 21.8 Å². The molecule has 0 unspecified atom stereocenters. The van der Waals surface area contributed by atoms with Crippen LogP contribution in [0.5, 0.6) is 0 Å². The molecule has 0 spiro atoms. The van der Waals surface area contributed by atoms with Crippen molar-refractivity contribution in [2.75, 3.05) is 10.6 Å². The van der Waals surface area contributed by atoms with Crippen LogP contribution in [0.4, 0.5) is 23.3 Å². The molecule has 144 valence electrons. The highest BCUT2D eigenvalue weighted by molar-refractivity contribution is 5.92. The Balaban J connectivity index is 1.53. The smallest absolute Gasteiger partial charge is 0.271 e. The molecule has 0 amide bonds. The third-order valence-corrected chi connectivity index (χ3v) is 4.68. The first-order chi connectivity index (χ1) is 14.2. The van der Waals surface area contributed by atoms with E-state index in [4.69, 9.17) is 0 Å². The van der Waals surface area contributed by atoms with E-state index < -0.39 is 0 Å². The van der Waals surface area contributed by atoms with Gasteiger partial charge in [-0.2, -0.15) is 10.1 Å². The summed E-state index contributed by atoms with van der Waals surface area (Å²) in [5.41, 5.74) is 3.11. The van der Waals surface area contributed by atoms with Crippen LogP contribution in [0.2, 0.25) is 0 Å². The molecule has 0 aliphatic carbocycles. The van der Waals surface area contributed by atoms with Crippen molar-refractivity contribution in [3.63, 3.8) is 0 Å². The molecule has 0 aliphatic rings. The number of H-pyrrole nitrogens is 3. The summed E-state index contributed by atoms with van der Waals surface area (Å²) in [6, 6.07) is 15.2. The highest BCUT2D eigenvalue weighted by atomic mass is 16.1. The molecule has 3 heterocycles. The quantitative estimate of drug-likeness (QED) is 0.314.